The summed E-state index contributed by atoms with van der Waals surface area (Å²) in [6.45, 7) is 8.10. The van der Waals surface area contributed by atoms with E-state index in [1.54, 1.807) is 6.92 Å². The fourth-order valence-electron chi connectivity index (χ4n) is 1.36. The fourth-order valence-corrected chi connectivity index (χ4v) is 1.36. The number of carbonyl (C=O) groups excluding carboxylic acids is 1. The van der Waals surface area contributed by atoms with Gasteiger partial charge in [-0.2, -0.15) is 0 Å². The Labute approximate surface area is 104 Å². The lowest BCUT2D eigenvalue weighted by atomic mass is 10.1. The molecular weight excluding hydrogens is 220 g/mol. The molecule has 5 heteroatoms. The van der Waals surface area contributed by atoms with Crippen LogP contribution in [0.4, 0.5) is 0 Å². The van der Waals surface area contributed by atoms with E-state index in [9.17, 15) is 9.90 Å². The Morgan fingerprint density at radius 1 is 1.29 bits per heavy atom. The van der Waals surface area contributed by atoms with Gasteiger partial charge in [0.25, 0.3) is 0 Å². The van der Waals surface area contributed by atoms with Crippen molar-refractivity contribution in [3.8, 4) is 0 Å². The molecule has 5 nitrogen and oxygen atoms in total. The van der Waals surface area contributed by atoms with Gasteiger partial charge in [-0.1, -0.05) is 0 Å². The van der Waals surface area contributed by atoms with Crippen molar-refractivity contribution in [2.75, 3.05) is 33.8 Å². The number of likely N-dealkylation sites (N-methyl/N-ethyl adjacent to an activating group) is 1. The highest BCUT2D eigenvalue weighted by atomic mass is 16.5. The van der Waals surface area contributed by atoms with Crippen LogP contribution in [0.2, 0.25) is 0 Å². The van der Waals surface area contributed by atoms with Crippen LogP contribution in [0, 0.1) is 0 Å². The van der Waals surface area contributed by atoms with E-state index in [-0.39, 0.29) is 24.7 Å². The molecule has 0 aromatic rings. The average Bonchev–Trinajstić information content (AvgIpc) is 2.08. The Kier molecular flexibility index (Phi) is 6.09. The first-order valence-corrected chi connectivity index (χ1v) is 5.80. The standard InChI is InChI=1S/C12H26N2O3/c1-11(2,3)17-7-10(15)13-8-12(4,16)9-14(5)6/h16H,7-9H2,1-6H3,(H,13,15). The smallest absolute Gasteiger partial charge is 0.246 e. The first-order chi connectivity index (χ1) is 7.52. The molecule has 17 heavy (non-hydrogen) atoms. The SMILES string of the molecule is CN(C)CC(C)(O)CNC(=O)COC(C)(C)C. The van der Waals surface area contributed by atoms with Gasteiger partial charge in [0.1, 0.15) is 6.61 Å². The third kappa shape index (κ3) is 10.2. The Balaban J connectivity index is 3.91. The van der Waals surface area contributed by atoms with Gasteiger partial charge in [0.15, 0.2) is 0 Å². The molecule has 1 unspecified atom stereocenters. The number of carbonyl (C=O) groups is 1. The number of hydrogen-bond acceptors (Lipinski definition) is 4. The number of aliphatic hydroxyl groups is 1. The number of rotatable bonds is 6. The molecule has 0 aromatic heterocycles. The van der Waals surface area contributed by atoms with Gasteiger partial charge < -0.3 is 20.1 Å². The van der Waals surface area contributed by atoms with Crippen molar-refractivity contribution >= 4 is 5.91 Å². The zero-order chi connectivity index (χ0) is 13.7. The second-order valence-electron chi connectivity index (χ2n) is 5.91. The maximum absolute atomic E-state index is 11.5. The Hall–Kier alpha value is -0.650. The Morgan fingerprint density at radius 2 is 1.82 bits per heavy atom. The van der Waals surface area contributed by atoms with Crippen molar-refractivity contribution in [2.45, 2.75) is 38.9 Å². The normalized spacial score (nSPS) is 15.8. The maximum Gasteiger partial charge on any atom is 0.246 e. The van der Waals surface area contributed by atoms with Crippen LogP contribution >= 0.6 is 0 Å². The van der Waals surface area contributed by atoms with Crippen molar-refractivity contribution in [3.63, 3.8) is 0 Å². The molecule has 0 aliphatic carbocycles. The average molecular weight is 246 g/mol. The molecule has 0 spiro atoms. The number of nitrogens with one attached hydrogen (secondary N) is 1. The van der Waals surface area contributed by atoms with E-state index >= 15 is 0 Å². The van der Waals surface area contributed by atoms with Crippen LogP contribution in [0.1, 0.15) is 27.7 Å². The number of hydrogen-bond donors (Lipinski definition) is 2. The minimum Gasteiger partial charge on any atom is -0.387 e. The summed E-state index contributed by atoms with van der Waals surface area (Å²) in [5.41, 5.74) is -1.26. The molecule has 0 radical (unpaired) electrons. The molecule has 0 fully saturated rings. The quantitative estimate of drug-likeness (QED) is 0.704. The van der Waals surface area contributed by atoms with Crippen molar-refractivity contribution in [3.05, 3.63) is 0 Å². The molecule has 0 aliphatic heterocycles. The van der Waals surface area contributed by atoms with E-state index < -0.39 is 5.60 Å². The summed E-state index contributed by atoms with van der Waals surface area (Å²) >= 11 is 0. The van der Waals surface area contributed by atoms with E-state index in [0.717, 1.165) is 0 Å². The number of amides is 1. The van der Waals surface area contributed by atoms with Gasteiger partial charge in [-0.3, -0.25) is 4.79 Å². The summed E-state index contributed by atoms with van der Waals surface area (Å²) in [5.74, 6) is -0.209. The predicted octanol–water partition coefficient (Wildman–Crippen LogP) is 0.230. The van der Waals surface area contributed by atoms with Gasteiger partial charge in [0.2, 0.25) is 5.91 Å². The zero-order valence-corrected chi connectivity index (χ0v) is 11.8. The molecule has 0 aliphatic rings. The lowest BCUT2D eigenvalue weighted by molar-refractivity contribution is -0.131. The van der Waals surface area contributed by atoms with Crippen LogP contribution in [-0.4, -0.2) is 60.9 Å². The summed E-state index contributed by atoms with van der Waals surface area (Å²) in [6, 6.07) is 0. The Bertz CT molecular complexity index is 245. The lowest BCUT2D eigenvalue weighted by Crippen LogP contribution is -2.48. The van der Waals surface area contributed by atoms with Crippen molar-refractivity contribution in [1.82, 2.24) is 10.2 Å². The third-order valence-corrected chi connectivity index (χ3v) is 1.96. The second kappa shape index (κ2) is 6.33. The van der Waals surface area contributed by atoms with Gasteiger partial charge in [-0.05, 0) is 41.8 Å². The van der Waals surface area contributed by atoms with Gasteiger partial charge in [-0.25, -0.2) is 0 Å². The highest BCUT2D eigenvalue weighted by Crippen LogP contribution is 2.06. The van der Waals surface area contributed by atoms with E-state index in [2.05, 4.69) is 5.32 Å². The highest BCUT2D eigenvalue weighted by Gasteiger charge is 2.22. The molecule has 0 heterocycles. The van der Waals surface area contributed by atoms with Crippen LogP contribution in [0.15, 0.2) is 0 Å². The molecule has 102 valence electrons. The summed E-state index contributed by atoms with van der Waals surface area (Å²) < 4.78 is 5.33. The van der Waals surface area contributed by atoms with Gasteiger partial charge >= 0.3 is 0 Å². The Morgan fingerprint density at radius 3 is 2.24 bits per heavy atom. The largest absolute Gasteiger partial charge is 0.387 e. The van der Waals surface area contributed by atoms with Crippen LogP contribution in [0.5, 0.6) is 0 Å². The first-order valence-electron chi connectivity index (χ1n) is 5.80. The molecule has 2 N–H and O–H groups in total. The van der Waals surface area contributed by atoms with Crippen LogP contribution in [0.25, 0.3) is 0 Å². The van der Waals surface area contributed by atoms with E-state index in [1.807, 2.05) is 39.8 Å². The van der Waals surface area contributed by atoms with Crippen molar-refractivity contribution in [1.29, 1.82) is 0 Å². The molecule has 0 aromatic carbocycles. The van der Waals surface area contributed by atoms with E-state index in [4.69, 9.17) is 4.74 Å². The van der Waals surface area contributed by atoms with Crippen molar-refractivity contribution < 1.29 is 14.6 Å². The van der Waals surface area contributed by atoms with Crippen molar-refractivity contribution in [2.24, 2.45) is 0 Å². The number of ether oxygens (including phenoxy) is 1. The lowest BCUT2D eigenvalue weighted by Gasteiger charge is -2.27. The monoisotopic (exact) mass is 246 g/mol. The molecule has 1 amide bonds. The molecule has 0 saturated heterocycles. The zero-order valence-electron chi connectivity index (χ0n) is 11.8. The molecule has 0 saturated carbocycles. The van der Waals surface area contributed by atoms with Gasteiger partial charge in [0.05, 0.1) is 11.2 Å². The first kappa shape index (κ1) is 16.4. The van der Waals surface area contributed by atoms with Gasteiger partial charge in [-0.15, -0.1) is 0 Å². The predicted molar refractivity (Wildman–Crippen MR) is 67.9 cm³/mol. The fraction of sp³-hybridized carbons (Fsp3) is 0.917. The van der Waals surface area contributed by atoms with Crippen LogP contribution in [0.3, 0.4) is 0 Å². The summed E-state index contributed by atoms with van der Waals surface area (Å²) in [5, 5.41) is 12.6. The number of nitrogens with zero attached hydrogens (tertiary/aromatic N) is 1. The molecule has 1 atom stereocenters. The maximum atomic E-state index is 11.5. The third-order valence-electron chi connectivity index (χ3n) is 1.96. The van der Waals surface area contributed by atoms with E-state index in [0.29, 0.717) is 6.54 Å². The minimum atomic E-state index is -0.930. The second-order valence-corrected chi connectivity index (χ2v) is 5.91. The highest BCUT2D eigenvalue weighted by molar-refractivity contribution is 5.77. The van der Waals surface area contributed by atoms with Gasteiger partial charge in [0, 0.05) is 13.1 Å². The van der Waals surface area contributed by atoms with E-state index in [1.165, 1.54) is 0 Å². The molecule has 0 rings (SSSR count). The summed E-state index contributed by atoms with van der Waals surface area (Å²) in [7, 11) is 3.75. The summed E-state index contributed by atoms with van der Waals surface area (Å²) in [6.07, 6.45) is 0. The topological polar surface area (TPSA) is 61.8 Å². The van der Waals surface area contributed by atoms with Crippen LogP contribution in [-0.2, 0) is 9.53 Å². The molecule has 0 bridgehead atoms. The summed E-state index contributed by atoms with van der Waals surface area (Å²) in [4.78, 5) is 13.3. The van der Waals surface area contributed by atoms with Crippen LogP contribution < -0.4 is 5.32 Å². The molecular formula is C12H26N2O3. The minimum absolute atomic E-state index is 0.0154.